The van der Waals surface area contributed by atoms with Crippen molar-refractivity contribution in [2.75, 3.05) is 17.7 Å². The van der Waals surface area contributed by atoms with Crippen molar-refractivity contribution < 1.29 is 4.74 Å². The monoisotopic (exact) mass is 271 g/mol. The van der Waals surface area contributed by atoms with Crippen LogP contribution in [0.4, 0.5) is 5.69 Å². The Morgan fingerprint density at radius 2 is 2.35 bits per heavy atom. The van der Waals surface area contributed by atoms with Crippen LogP contribution in [0.1, 0.15) is 20.3 Å². The second kappa shape index (κ2) is 5.87. The number of rotatable bonds is 4. The molecule has 2 nitrogen and oxygen atoms in total. The zero-order valence-electron chi connectivity index (χ0n) is 10.2. The van der Waals surface area contributed by atoms with Crippen LogP contribution < -0.4 is 10.1 Å². The van der Waals surface area contributed by atoms with Gasteiger partial charge < -0.3 is 10.1 Å². The molecule has 2 atom stereocenters. The molecule has 1 fully saturated rings. The van der Waals surface area contributed by atoms with Crippen LogP contribution in [0.25, 0.3) is 0 Å². The van der Waals surface area contributed by atoms with Gasteiger partial charge in [-0.05, 0) is 37.3 Å². The number of thioether (sulfide) groups is 1. The second-order valence-electron chi connectivity index (χ2n) is 4.19. The molecule has 2 rings (SSSR count). The minimum atomic E-state index is 0.512. The van der Waals surface area contributed by atoms with Crippen molar-refractivity contribution in [3.05, 3.63) is 23.2 Å². The molecule has 0 radical (unpaired) electrons. The normalized spacial score (nSPS) is 23.7. The maximum atomic E-state index is 6.04. The quantitative estimate of drug-likeness (QED) is 0.893. The van der Waals surface area contributed by atoms with Crippen molar-refractivity contribution in [2.45, 2.75) is 31.6 Å². The molecule has 0 bridgehead atoms. The fraction of sp³-hybridized carbons (Fsp3) is 0.538. The standard InChI is InChI=1S/C13H18ClNOS/c1-3-16-13-5-4-10(14)8-12(13)15-11-6-7-17-9(11)2/h4-5,8-9,11,15H,3,6-7H2,1-2H3. The summed E-state index contributed by atoms with van der Waals surface area (Å²) < 4.78 is 5.61. The summed E-state index contributed by atoms with van der Waals surface area (Å²) in [5.41, 5.74) is 1.01. The Bertz CT molecular complexity index is 386. The number of anilines is 1. The van der Waals surface area contributed by atoms with E-state index in [4.69, 9.17) is 16.3 Å². The van der Waals surface area contributed by atoms with Gasteiger partial charge in [0.05, 0.1) is 12.3 Å². The average Bonchev–Trinajstić information content (AvgIpc) is 2.69. The SMILES string of the molecule is CCOc1ccc(Cl)cc1NC1CCSC1C. The largest absolute Gasteiger partial charge is 0.492 e. The fourth-order valence-electron chi connectivity index (χ4n) is 2.02. The van der Waals surface area contributed by atoms with Crippen LogP contribution in [-0.2, 0) is 0 Å². The summed E-state index contributed by atoms with van der Waals surface area (Å²) >= 11 is 8.05. The van der Waals surface area contributed by atoms with Crippen molar-refractivity contribution in [1.29, 1.82) is 0 Å². The van der Waals surface area contributed by atoms with Gasteiger partial charge in [0.25, 0.3) is 0 Å². The minimum absolute atomic E-state index is 0.512. The maximum absolute atomic E-state index is 6.04. The highest BCUT2D eigenvalue weighted by Crippen LogP contribution is 2.33. The Hall–Kier alpha value is -0.540. The van der Waals surface area contributed by atoms with E-state index in [1.54, 1.807) is 0 Å². The van der Waals surface area contributed by atoms with E-state index < -0.39 is 0 Å². The Morgan fingerprint density at radius 1 is 1.53 bits per heavy atom. The first-order valence-corrected chi connectivity index (χ1v) is 7.44. The van der Waals surface area contributed by atoms with Gasteiger partial charge >= 0.3 is 0 Å². The molecule has 2 unspecified atom stereocenters. The van der Waals surface area contributed by atoms with Gasteiger partial charge in [0.15, 0.2) is 0 Å². The molecule has 1 aliphatic heterocycles. The fourth-order valence-corrected chi connectivity index (χ4v) is 3.39. The maximum Gasteiger partial charge on any atom is 0.142 e. The van der Waals surface area contributed by atoms with Crippen molar-refractivity contribution >= 4 is 29.1 Å². The van der Waals surface area contributed by atoms with Crippen LogP contribution in [0.5, 0.6) is 5.75 Å². The van der Waals surface area contributed by atoms with Gasteiger partial charge in [0, 0.05) is 16.3 Å². The number of nitrogens with one attached hydrogen (secondary N) is 1. The molecule has 0 spiro atoms. The molecular weight excluding hydrogens is 254 g/mol. The summed E-state index contributed by atoms with van der Waals surface area (Å²) in [6.07, 6.45) is 1.20. The van der Waals surface area contributed by atoms with Crippen LogP contribution in [0.3, 0.4) is 0 Å². The van der Waals surface area contributed by atoms with E-state index in [1.807, 2.05) is 36.9 Å². The predicted octanol–water partition coefficient (Wildman–Crippen LogP) is 4.04. The summed E-state index contributed by atoms with van der Waals surface area (Å²) in [5.74, 6) is 2.12. The van der Waals surface area contributed by atoms with E-state index in [2.05, 4.69) is 12.2 Å². The summed E-state index contributed by atoms with van der Waals surface area (Å²) in [5, 5.41) is 4.94. The third-order valence-electron chi connectivity index (χ3n) is 2.96. The molecule has 0 amide bonds. The van der Waals surface area contributed by atoms with Gasteiger partial charge in [0.1, 0.15) is 5.75 Å². The molecule has 4 heteroatoms. The molecule has 1 N–H and O–H groups in total. The minimum Gasteiger partial charge on any atom is -0.492 e. The Labute approximate surface area is 112 Å². The zero-order valence-corrected chi connectivity index (χ0v) is 11.8. The van der Waals surface area contributed by atoms with Gasteiger partial charge in [0.2, 0.25) is 0 Å². The molecule has 0 aromatic heterocycles. The number of ether oxygens (including phenoxy) is 1. The smallest absolute Gasteiger partial charge is 0.142 e. The van der Waals surface area contributed by atoms with Crippen molar-refractivity contribution in [1.82, 2.24) is 0 Å². The number of halogens is 1. The van der Waals surface area contributed by atoms with Crippen LogP contribution in [-0.4, -0.2) is 23.7 Å². The Morgan fingerprint density at radius 3 is 3.00 bits per heavy atom. The van der Waals surface area contributed by atoms with Crippen LogP contribution in [0, 0.1) is 0 Å². The van der Waals surface area contributed by atoms with E-state index in [-0.39, 0.29) is 0 Å². The summed E-state index contributed by atoms with van der Waals surface area (Å²) in [7, 11) is 0. The molecule has 1 aliphatic rings. The number of benzene rings is 1. The van der Waals surface area contributed by atoms with Crippen LogP contribution in [0.15, 0.2) is 18.2 Å². The molecule has 0 saturated carbocycles. The lowest BCUT2D eigenvalue weighted by molar-refractivity contribution is 0.341. The lowest BCUT2D eigenvalue weighted by Gasteiger charge is -2.20. The molecule has 94 valence electrons. The van der Waals surface area contributed by atoms with Gasteiger partial charge in [-0.25, -0.2) is 0 Å². The van der Waals surface area contributed by atoms with Crippen LogP contribution >= 0.6 is 23.4 Å². The highest BCUT2D eigenvalue weighted by atomic mass is 35.5. The highest BCUT2D eigenvalue weighted by molar-refractivity contribution is 8.00. The first kappa shape index (κ1) is 12.9. The summed E-state index contributed by atoms with van der Waals surface area (Å²) in [4.78, 5) is 0. The van der Waals surface area contributed by atoms with E-state index in [1.165, 1.54) is 12.2 Å². The lowest BCUT2D eigenvalue weighted by Crippen LogP contribution is -2.25. The number of hydrogen-bond donors (Lipinski definition) is 1. The van der Waals surface area contributed by atoms with Gasteiger partial charge in [-0.1, -0.05) is 18.5 Å². The average molecular weight is 272 g/mol. The van der Waals surface area contributed by atoms with E-state index in [0.29, 0.717) is 17.9 Å². The molecule has 1 aromatic carbocycles. The third kappa shape index (κ3) is 3.23. The van der Waals surface area contributed by atoms with Crippen LogP contribution in [0.2, 0.25) is 5.02 Å². The van der Waals surface area contributed by atoms with Crippen molar-refractivity contribution in [3.63, 3.8) is 0 Å². The van der Waals surface area contributed by atoms with Crippen molar-refractivity contribution in [3.8, 4) is 5.75 Å². The zero-order chi connectivity index (χ0) is 12.3. The highest BCUT2D eigenvalue weighted by Gasteiger charge is 2.24. The predicted molar refractivity (Wildman–Crippen MR) is 76.6 cm³/mol. The van der Waals surface area contributed by atoms with E-state index in [9.17, 15) is 0 Å². The third-order valence-corrected chi connectivity index (χ3v) is 4.52. The summed E-state index contributed by atoms with van der Waals surface area (Å²) in [6, 6.07) is 6.26. The molecule has 0 aliphatic carbocycles. The molecular formula is C13H18ClNOS. The summed E-state index contributed by atoms with van der Waals surface area (Å²) in [6.45, 7) is 4.93. The van der Waals surface area contributed by atoms with Gasteiger partial charge in [-0.15, -0.1) is 0 Å². The van der Waals surface area contributed by atoms with Gasteiger partial charge in [-0.2, -0.15) is 11.8 Å². The first-order valence-electron chi connectivity index (χ1n) is 6.01. The Kier molecular flexibility index (Phi) is 4.46. The van der Waals surface area contributed by atoms with E-state index >= 15 is 0 Å². The number of hydrogen-bond acceptors (Lipinski definition) is 3. The topological polar surface area (TPSA) is 21.3 Å². The lowest BCUT2D eigenvalue weighted by atomic mass is 10.1. The second-order valence-corrected chi connectivity index (χ2v) is 6.11. The molecule has 1 aromatic rings. The van der Waals surface area contributed by atoms with E-state index in [0.717, 1.165) is 16.5 Å². The van der Waals surface area contributed by atoms with Gasteiger partial charge in [-0.3, -0.25) is 0 Å². The molecule has 1 heterocycles. The molecule has 17 heavy (non-hydrogen) atoms. The van der Waals surface area contributed by atoms with Crippen molar-refractivity contribution in [2.24, 2.45) is 0 Å². The molecule has 1 saturated heterocycles. The Balaban J connectivity index is 2.15. The first-order chi connectivity index (χ1) is 8.20.